The maximum Gasteiger partial charge on any atom is 0.448 e. The summed E-state index contributed by atoms with van der Waals surface area (Å²) in [4.78, 5) is 18.4. The average molecular weight is 581 g/mol. The van der Waals surface area contributed by atoms with Gasteiger partial charge in [0.05, 0.1) is 0 Å². The van der Waals surface area contributed by atoms with E-state index < -0.39 is 51.8 Å². The van der Waals surface area contributed by atoms with E-state index >= 15 is 0 Å². The van der Waals surface area contributed by atoms with Crippen molar-refractivity contribution in [1.82, 2.24) is 4.72 Å². The van der Waals surface area contributed by atoms with E-state index in [-0.39, 0.29) is 4.47 Å². The van der Waals surface area contributed by atoms with Gasteiger partial charge >= 0.3 is 30.4 Å². The second-order valence-electron chi connectivity index (χ2n) is 5.32. The summed E-state index contributed by atoms with van der Waals surface area (Å²) in [5.74, 6) is -2.89. The summed E-state index contributed by atoms with van der Waals surface area (Å²) in [6, 6.07) is 3.91. The van der Waals surface area contributed by atoms with Gasteiger partial charge in [-0.1, -0.05) is 28.1 Å². The van der Waals surface area contributed by atoms with Crippen LogP contribution in [-0.4, -0.2) is 41.1 Å². The van der Waals surface area contributed by atoms with E-state index in [0.717, 1.165) is 18.2 Å². The van der Waals surface area contributed by atoms with Crippen LogP contribution < -0.4 is 4.72 Å². The van der Waals surface area contributed by atoms with E-state index in [2.05, 4.69) is 27.5 Å². The van der Waals surface area contributed by atoms with Crippen molar-refractivity contribution in [3.63, 3.8) is 0 Å². The van der Waals surface area contributed by atoms with E-state index in [0.29, 0.717) is 4.72 Å². The van der Waals surface area contributed by atoms with Gasteiger partial charge in [0, 0.05) is 4.47 Å². The summed E-state index contributed by atoms with van der Waals surface area (Å²) in [5, 5.41) is -12.7. The number of hydrogen-bond acceptors (Lipinski definition) is 4. The van der Waals surface area contributed by atoms with Crippen LogP contribution in [0.3, 0.4) is 0 Å². The SMILES string of the molecule is O=P(O)(O)C(NS(=O)(=O)C(F)(F)C(F)(F)OC(F)(F)C(F)(F)Cl)c1cccc(Br)c1. The zero-order valence-corrected chi connectivity index (χ0v) is 17.6. The molecule has 1 unspecified atom stereocenters. The highest BCUT2D eigenvalue weighted by atomic mass is 79.9. The molecule has 0 heterocycles. The zero-order chi connectivity index (χ0) is 24.0. The quantitative estimate of drug-likeness (QED) is 0.230. The molecule has 0 aliphatic rings. The lowest BCUT2D eigenvalue weighted by Gasteiger charge is -2.31. The molecule has 0 aliphatic heterocycles. The van der Waals surface area contributed by atoms with Gasteiger partial charge in [-0.25, -0.2) is 13.2 Å². The average Bonchev–Trinajstić information content (AvgIpc) is 2.49. The Hall–Kier alpha value is -0.550. The molecular weight excluding hydrogens is 573 g/mol. The largest absolute Gasteiger partial charge is 0.448 e. The Balaban J connectivity index is 3.40. The van der Waals surface area contributed by atoms with Crippen LogP contribution in [0.2, 0.25) is 0 Å². The minimum atomic E-state index is -6.97. The topological polar surface area (TPSA) is 113 Å². The number of alkyl halides is 9. The Morgan fingerprint density at radius 3 is 1.97 bits per heavy atom. The molecule has 30 heavy (non-hydrogen) atoms. The summed E-state index contributed by atoms with van der Waals surface area (Å²) in [6.45, 7) is 0. The normalized spacial score (nSPS) is 15.9. The first-order valence-corrected chi connectivity index (χ1v) is 11.1. The number of ether oxygens (including phenoxy) is 1. The van der Waals surface area contributed by atoms with Crippen molar-refractivity contribution < 1.29 is 62.6 Å². The van der Waals surface area contributed by atoms with Crippen molar-refractivity contribution in [2.75, 3.05) is 0 Å². The standard InChI is InChI=1S/C11H8BrClF8NO6PS/c12-6-3-1-2-5(4-6)7(29(23,24)25)22-30(26,27)11(20,21)10(18,19)28-9(16,17)8(13,14)15/h1-4,7,22H,(H2,23,24,25). The third kappa shape index (κ3) is 5.82. The van der Waals surface area contributed by atoms with Gasteiger partial charge < -0.3 is 9.79 Å². The van der Waals surface area contributed by atoms with Crippen molar-refractivity contribution in [2.45, 2.75) is 28.6 Å². The molecule has 0 bridgehead atoms. The van der Waals surface area contributed by atoms with Crippen molar-refractivity contribution in [1.29, 1.82) is 0 Å². The number of sulfonamides is 1. The van der Waals surface area contributed by atoms with E-state index in [1.807, 2.05) is 4.74 Å². The molecule has 1 atom stereocenters. The highest BCUT2D eigenvalue weighted by Gasteiger charge is 2.74. The zero-order valence-electron chi connectivity index (χ0n) is 13.5. The molecule has 0 spiro atoms. The fourth-order valence-electron chi connectivity index (χ4n) is 1.66. The molecule has 19 heteroatoms. The Morgan fingerprint density at radius 1 is 1.07 bits per heavy atom. The molecule has 1 aromatic rings. The fourth-order valence-corrected chi connectivity index (χ4v) is 4.57. The highest BCUT2D eigenvalue weighted by Crippen LogP contribution is 2.53. The monoisotopic (exact) mass is 579 g/mol. The van der Waals surface area contributed by atoms with Gasteiger partial charge in [-0.15, -0.1) is 0 Å². The van der Waals surface area contributed by atoms with Gasteiger partial charge in [0.25, 0.3) is 10.0 Å². The minimum Gasteiger partial charge on any atom is -0.323 e. The maximum absolute atomic E-state index is 13.8. The molecule has 1 rings (SSSR count). The molecule has 0 radical (unpaired) electrons. The lowest BCUT2D eigenvalue weighted by molar-refractivity contribution is -0.442. The molecule has 0 amide bonds. The predicted molar refractivity (Wildman–Crippen MR) is 87.7 cm³/mol. The number of benzene rings is 1. The number of hydrogen-bond donors (Lipinski definition) is 3. The molecule has 0 aromatic heterocycles. The molecule has 0 saturated carbocycles. The van der Waals surface area contributed by atoms with Crippen molar-refractivity contribution in [3.05, 3.63) is 34.3 Å². The third-order valence-electron chi connectivity index (χ3n) is 3.03. The smallest absolute Gasteiger partial charge is 0.323 e. The molecule has 3 N–H and O–H groups in total. The van der Waals surface area contributed by atoms with Crippen LogP contribution in [0.1, 0.15) is 11.3 Å². The van der Waals surface area contributed by atoms with Gasteiger partial charge in [-0.05, 0) is 29.3 Å². The Kier molecular flexibility index (Phi) is 7.72. The molecule has 1 aromatic carbocycles. The maximum atomic E-state index is 13.8. The third-order valence-corrected chi connectivity index (χ3v) is 6.48. The van der Waals surface area contributed by atoms with Gasteiger partial charge in [-0.2, -0.15) is 39.8 Å². The molecule has 0 aliphatic carbocycles. The Morgan fingerprint density at radius 2 is 1.57 bits per heavy atom. The van der Waals surface area contributed by atoms with E-state index in [9.17, 15) is 57.9 Å². The first kappa shape index (κ1) is 27.5. The van der Waals surface area contributed by atoms with Gasteiger partial charge in [0.15, 0.2) is 0 Å². The number of halogens is 10. The van der Waals surface area contributed by atoms with Crippen molar-refractivity contribution in [2.24, 2.45) is 0 Å². The Bertz CT molecular complexity index is 940. The molecule has 7 nitrogen and oxygen atoms in total. The summed E-state index contributed by atoms with van der Waals surface area (Å²) in [7, 11) is -12.7. The van der Waals surface area contributed by atoms with E-state index in [1.165, 1.54) is 6.07 Å². The molecule has 0 saturated heterocycles. The van der Waals surface area contributed by atoms with Crippen LogP contribution in [0, 0.1) is 0 Å². The van der Waals surface area contributed by atoms with E-state index in [4.69, 9.17) is 0 Å². The van der Waals surface area contributed by atoms with E-state index in [1.54, 1.807) is 0 Å². The van der Waals surface area contributed by atoms with Gasteiger partial charge in [-0.3, -0.25) is 4.57 Å². The first-order valence-electron chi connectivity index (χ1n) is 6.78. The number of rotatable bonds is 9. The molecule has 174 valence electrons. The van der Waals surface area contributed by atoms with Crippen molar-refractivity contribution >= 4 is 45.1 Å². The fraction of sp³-hybridized carbons (Fsp3) is 0.455. The predicted octanol–water partition coefficient (Wildman–Crippen LogP) is 4.17. The van der Waals surface area contributed by atoms with Crippen LogP contribution in [0.15, 0.2) is 28.7 Å². The van der Waals surface area contributed by atoms with Crippen molar-refractivity contribution in [3.8, 4) is 0 Å². The first-order chi connectivity index (χ1) is 13.1. The lowest BCUT2D eigenvalue weighted by Crippen LogP contribution is -2.57. The molecular formula is C11H8BrClF8NO6PS. The van der Waals surface area contributed by atoms with Crippen LogP contribution in [-0.2, 0) is 19.3 Å². The summed E-state index contributed by atoms with van der Waals surface area (Å²) in [6.07, 6.45) is -13.3. The number of nitrogens with one attached hydrogen (secondary N) is 1. The van der Waals surface area contributed by atoms with Crippen LogP contribution >= 0.6 is 35.1 Å². The Labute approximate surface area is 175 Å². The van der Waals surface area contributed by atoms with Gasteiger partial charge in [0.2, 0.25) is 0 Å². The van der Waals surface area contributed by atoms with Crippen LogP contribution in [0.4, 0.5) is 35.1 Å². The minimum absolute atomic E-state index is 0.0436. The second-order valence-corrected chi connectivity index (χ2v) is 10.2. The summed E-state index contributed by atoms with van der Waals surface area (Å²) >= 11 is 6.59. The lowest BCUT2D eigenvalue weighted by atomic mass is 10.2. The van der Waals surface area contributed by atoms with Gasteiger partial charge in [0.1, 0.15) is 5.78 Å². The van der Waals surface area contributed by atoms with Crippen LogP contribution in [0.25, 0.3) is 0 Å². The van der Waals surface area contributed by atoms with Crippen LogP contribution in [0.5, 0.6) is 0 Å². The molecule has 0 fully saturated rings. The highest BCUT2D eigenvalue weighted by molar-refractivity contribution is 9.10. The second kappa shape index (κ2) is 8.42. The summed E-state index contributed by atoms with van der Waals surface area (Å²) in [5.41, 5.74) is -0.709. The summed E-state index contributed by atoms with van der Waals surface area (Å²) < 4.78 is 143.